The lowest BCUT2D eigenvalue weighted by molar-refractivity contribution is -0.140. The largest absolute Gasteiger partial charge is 0.497 e. The van der Waals surface area contributed by atoms with Gasteiger partial charge in [-0.25, -0.2) is 0 Å². The summed E-state index contributed by atoms with van der Waals surface area (Å²) >= 11 is 0. The zero-order valence-electron chi connectivity index (χ0n) is 17.3. The van der Waals surface area contributed by atoms with Gasteiger partial charge in [0.05, 0.1) is 25.0 Å². The number of carbonyl (C=O) groups excluding carboxylic acids is 3. The van der Waals surface area contributed by atoms with Crippen LogP contribution in [0.15, 0.2) is 36.4 Å². The highest BCUT2D eigenvalue weighted by Crippen LogP contribution is 2.35. The van der Waals surface area contributed by atoms with Crippen molar-refractivity contribution in [1.82, 2.24) is 15.1 Å². The van der Waals surface area contributed by atoms with Crippen LogP contribution in [0.2, 0.25) is 0 Å². The number of likely N-dealkylation sites (tertiary alicyclic amines) is 1. The minimum Gasteiger partial charge on any atom is -0.497 e. The molecular formula is C22H29N3O4. The summed E-state index contributed by atoms with van der Waals surface area (Å²) in [6, 6.07) is 7.76. The van der Waals surface area contributed by atoms with Crippen LogP contribution >= 0.6 is 0 Å². The third-order valence-corrected chi connectivity index (χ3v) is 5.78. The smallest absolute Gasteiger partial charge is 0.233 e. The molecule has 7 nitrogen and oxygen atoms in total. The lowest BCUT2D eigenvalue weighted by Crippen LogP contribution is -2.38. The number of hydrogen-bond acceptors (Lipinski definition) is 5. The van der Waals surface area contributed by atoms with E-state index in [0.717, 1.165) is 11.3 Å². The number of methoxy groups -OCH3 is 1. The summed E-state index contributed by atoms with van der Waals surface area (Å²) < 4.78 is 5.19. The molecule has 1 fully saturated rings. The maximum Gasteiger partial charge on any atom is 0.233 e. The summed E-state index contributed by atoms with van der Waals surface area (Å²) in [6.07, 6.45) is 5.27. The second-order valence-electron chi connectivity index (χ2n) is 7.79. The van der Waals surface area contributed by atoms with Crippen molar-refractivity contribution in [3.8, 4) is 5.75 Å². The zero-order valence-corrected chi connectivity index (χ0v) is 17.3. The number of benzene rings is 1. The van der Waals surface area contributed by atoms with Gasteiger partial charge in [-0.3, -0.25) is 19.3 Å². The van der Waals surface area contributed by atoms with Crippen LogP contribution in [-0.2, 0) is 14.4 Å². The van der Waals surface area contributed by atoms with E-state index in [4.69, 9.17) is 4.74 Å². The molecule has 0 saturated carbocycles. The molecule has 3 amide bonds. The highest BCUT2D eigenvalue weighted by atomic mass is 16.5. The summed E-state index contributed by atoms with van der Waals surface area (Å²) in [4.78, 5) is 40.6. The zero-order chi connectivity index (χ0) is 21.0. The van der Waals surface area contributed by atoms with E-state index < -0.39 is 0 Å². The lowest BCUT2D eigenvalue weighted by atomic mass is 9.85. The van der Waals surface area contributed by atoms with Crippen LogP contribution in [0, 0.1) is 11.8 Å². The van der Waals surface area contributed by atoms with Crippen LogP contribution in [0.3, 0.4) is 0 Å². The maximum atomic E-state index is 12.5. The van der Waals surface area contributed by atoms with Gasteiger partial charge in [0.15, 0.2) is 0 Å². The number of rotatable bonds is 8. The van der Waals surface area contributed by atoms with Crippen molar-refractivity contribution >= 4 is 17.7 Å². The molecule has 1 saturated heterocycles. The Morgan fingerprint density at radius 3 is 2.24 bits per heavy atom. The fraction of sp³-hybridized carbons (Fsp3) is 0.500. The summed E-state index contributed by atoms with van der Waals surface area (Å²) in [5, 5.41) is 2.93. The monoisotopic (exact) mass is 399 g/mol. The Bertz CT molecular complexity index is 762. The Hall–Kier alpha value is -2.67. The van der Waals surface area contributed by atoms with Crippen LogP contribution in [0.4, 0.5) is 0 Å². The van der Waals surface area contributed by atoms with Gasteiger partial charge in [0.25, 0.3) is 0 Å². The molecule has 1 aliphatic heterocycles. The molecule has 156 valence electrons. The van der Waals surface area contributed by atoms with E-state index in [1.165, 1.54) is 4.90 Å². The van der Waals surface area contributed by atoms with Gasteiger partial charge in [-0.1, -0.05) is 24.3 Å². The molecule has 1 aliphatic carbocycles. The summed E-state index contributed by atoms with van der Waals surface area (Å²) in [7, 11) is 5.54. The average molecular weight is 399 g/mol. The number of likely N-dealkylation sites (N-methyl/N-ethyl adjacent to an activating group) is 1. The highest BCUT2D eigenvalue weighted by Gasteiger charge is 2.46. The Balaban J connectivity index is 1.52. The Morgan fingerprint density at radius 1 is 1.14 bits per heavy atom. The molecule has 29 heavy (non-hydrogen) atoms. The van der Waals surface area contributed by atoms with Gasteiger partial charge in [-0.05, 0) is 44.6 Å². The molecule has 2 aliphatic rings. The lowest BCUT2D eigenvalue weighted by Gasteiger charge is -2.25. The number of allylic oxidation sites excluding steroid dienone is 2. The quantitative estimate of drug-likeness (QED) is 0.532. The first-order valence-corrected chi connectivity index (χ1v) is 9.99. The van der Waals surface area contributed by atoms with E-state index in [1.54, 1.807) is 7.11 Å². The summed E-state index contributed by atoms with van der Waals surface area (Å²) in [5.41, 5.74) is 1.07. The standard InChI is InChI=1S/C22H29N3O4/c1-24(2)19(15-8-10-16(29-3)11-9-15)14-23-20(26)12-13-25-21(27)17-6-4-5-7-18(17)22(25)28/h4-5,8-11,17-19H,6-7,12-14H2,1-3H3,(H,23,26)/t17-,18-,19-/m0/s1. The molecule has 0 aromatic heterocycles. The number of nitrogens with one attached hydrogen (secondary N) is 1. The topological polar surface area (TPSA) is 79.0 Å². The highest BCUT2D eigenvalue weighted by molar-refractivity contribution is 6.05. The number of ether oxygens (including phenoxy) is 1. The van der Waals surface area contributed by atoms with Crippen LogP contribution in [0.5, 0.6) is 5.75 Å². The van der Waals surface area contributed by atoms with Gasteiger partial charge >= 0.3 is 0 Å². The molecule has 1 aromatic rings. The molecule has 1 heterocycles. The minimum atomic E-state index is -0.247. The SMILES string of the molecule is COc1ccc([C@H](CNC(=O)CCN2C(=O)[C@H]3CC=CC[C@@H]3C2=O)N(C)C)cc1. The fourth-order valence-electron chi connectivity index (χ4n) is 4.03. The second kappa shape index (κ2) is 9.22. The first-order chi connectivity index (χ1) is 13.9. The summed E-state index contributed by atoms with van der Waals surface area (Å²) in [5.74, 6) is -0.152. The van der Waals surface area contributed by atoms with E-state index in [1.807, 2.05) is 55.4 Å². The number of nitrogens with zero attached hydrogens (tertiary/aromatic N) is 2. The molecule has 0 radical (unpaired) electrons. The first kappa shape index (κ1) is 21.0. The van der Waals surface area contributed by atoms with E-state index in [9.17, 15) is 14.4 Å². The Labute approximate surface area is 171 Å². The predicted molar refractivity (Wildman–Crippen MR) is 109 cm³/mol. The van der Waals surface area contributed by atoms with Crippen molar-refractivity contribution in [2.24, 2.45) is 11.8 Å². The van der Waals surface area contributed by atoms with Crippen molar-refractivity contribution in [2.75, 3.05) is 34.3 Å². The number of carbonyl (C=O) groups is 3. The van der Waals surface area contributed by atoms with E-state index in [2.05, 4.69) is 5.32 Å². The van der Waals surface area contributed by atoms with Gasteiger partial charge in [0.1, 0.15) is 5.75 Å². The fourth-order valence-corrected chi connectivity index (χ4v) is 4.03. The normalized spacial score (nSPS) is 22.0. The van der Waals surface area contributed by atoms with Crippen molar-refractivity contribution in [2.45, 2.75) is 25.3 Å². The second-order valence-corrected chi connectivity index (χ2v) is 7.79. The van der Waals surface area contributed by atoms with E-state index in [0.29, 0.717) is 19.4 Å². The molecule has 0 unspecified atom stereocenters. The van der Waals surface area contributed by atoms with Crippen LogP contribution in [-0.4, -0.2) is 61.8 Å². The van der Waals surface area contributed by atoms with Crippen molar-refractivity contribution in [1.29, 1.82) is 0 Å². The number of fused-ring (bicyclic) bond motifs is 1. The minimum absolute atomic E-state index is 0.00819. The molecular weight excluding hydrogens is 370 g/mol. The van der Waals surface area contributed by atoms with Crippen molar-refractivity contribution in [3.05, 3.63) is 42.0 Å². The molecule has 0 spiro atoms. The molecule has 7 heteroatoms. The predicted octanol–water partition coefficient (Wildman–Crippen LogP) is 1.76. The van der Waals surface area contributed by atoms with Crippen molar-refractivity contribution in [3.63, 3.8) is 0 Å². The molecule has 1 aromatic carbocycles. The average Bonchev–Trinajstić information content (AvgIpc) is 2.97. The van der Waals surface area contributed by atoms with Gasteiger partial charge < -0.3 is 15.0 Å². The number of imide groups is 1. The van der Waals surface area contributed by atoms with Gasteiger partial charge in [0, 0.05) is 19.5 Å². The van der Waals surface area contributed by atoms with Crippen LogP contribution in [0.25, 0.3) is 0 Å². The van der Waals surface area contributed by atoms with Crippen LogP contribution in [0.1, 0.15) is 30.9 Å². The van der Waals surface area contributed by atoms with Gasteiger partial charge in [-0.15, -0.1) is 0 Å². The Morgan fingerprint density at radius 2 is 1.72 bits per heavy atom. The molecule has 1 N–H and O–H groups in total. The number of hydrogen-bond donors (Lipinski definition) is 1. The molecule has 0 bridgehead atoms. The molecule has 3 rings (SSSR count). The van der Waals surface area contributed by atoms with E-state index in [-0.39, 0.29) is 48.6 Å². The Kier molecular flexibility index (Phi) is 6.69. The van der Waals surface area contributed by atoms with Gasteiger partial charge in [0.2, 0.25) is 17.7 Å². The van der Waals surface area contributed by atoms with Crippen LogP contribution < -0.4 is 10.1 Å². The maximum absolute atomic E-state index is 12.5. The summed E-state index contributed by atoms with van der Waals surface area (Å²) in [6.45, 7) is 0.584. The first-order valence-electron chi connectivity index (χ1n) is 9.99. The van der Waals surface area contributed by atoms with E-state index >= 15 is 0 Å². The third kappa shape index (κ3) is 4.67. The van der Waals surface area contributed by atoms with Crippen molar-refractivity contribution < 1.29 is 19.1 Å². The molecule has 3 atom stereocenters. The van der Waals surface area contributed by atoms with Gasteiger partial charge in [-0.2, -0.15) is 0 Å². The third-order valence-electron chi connectivity index (χ3n) is 5.78. The number of amides is 3.